The third-order valence-electron chi connectivity index (χ3n) is 7.67. The summed E-state index contributed by atoms with van der Waals surface area (Å²) in [5.41, 5.74) is 6.89. The minimum atomic E-state index is 0.0806. The lowest BCUT2D eigenvalue weighted by Crippen LogP contribution is -2.13. The average Bonchev–Trinajstić information content (AvgIpc) is 3.96. The summed E-state index contributed by atoms with van der Waals surface area (Å²) in [5, 5.41) is 6.24. The van der Waals surface area contributed by atoms with Crippen LogP contribution >= 0.6 is 11.3 Å². The Kier molecular flexibility index (Phi) is 19.1. The van der Waals surface area contributed by atoms with Crippen molar-refractivity contribution in [3.8, 4) is 0 Å². The van der Waals surface area contributed by atoms with Crippen LogP contribution in [0.1, 0.15) is 161 Å². The maximum atomic E-state index is 5.32. The zero-order chi connectivity index (χ0) is 43.1. The Morgan fingerprint density at radius 1 is 0.536 bits per heavy atom. The van der Waals surface area contributed by atoms with Crippen LogP contribution in [0.4, 0.5) is 0 Å². The Balaban J connectivity index is 0.000000352. The third-order valence-corrected chi connectivity index (χ3v) is 8.44. The van der Waals surface area contributed by atoms with Crippen LogP contribution in [0.5, 0.6) is 0 Å². The van der Waals surface area contributed by atoms with Gasteiger partial charge in [0.05, 0.1) is 42.4 Å². The molecule has 0 aliphatic rings. The van der Waals surface area contributed by atoms with Gasteiger partial charge >= 0.3 is 5.84 Å². The fraction of sp³-hybridized carbons (Fsp3) is 0.545. The van der Waals surface area contributed by atoms with Gasteiger partial charge in [0.25, 0.3) is 0 Å². The summed E-state index contributed by atoms with van der Waals surface area (Å²) in [6, 6.07) is 1.86. The molecule has 0 unspecified atom stereocenters. The third kappa shape index (κ3) is 12.7. The molecular formula is C44H72N8O3S. The molecule has 56 heavy (non-hydrogen) atoms. The zero-order valence-electron chi connectivity index (χ0n) is 38.1. The van der Waals surface area contributed by atoms with E-state index in [-0.39, 0.29) is 21.7 Å². The molecule has 312 valence electrons. The number of thiazole rings is 1. The van der Waals surface area contributed by atoms with Crippen molar-refractivity contribution in [1.29, 1.82) is 0 Å². The normalized spacial score (nSPS) is 11.2. The van der Waals surface area contributed by atoms with Gasteiger partial charge in [0.2, 0.25) is 5.71 Å². The van der Waals surface area contributed by atoms with Crippen molar-refractivity contribution in [2.24, 2.45) is 0 Å². The Morgan fingerprint density at radius 3 is 1.64 bits per heavy atom. The fourth-order valence-corrected chi connectivity index (χ4v) is 5.72. The van der Waals surface area contributed by atoms with E-state index in [4.69, 9.17) is 13.4 Å². The van der Waals surface area contributed by atoms with E-state index in [9.17, 15) is 0 Å². The molecule has 0 radical (unpaired) electrons. The van der Waals surface area contributed by atoms with Gasteiger partial charge < -0.3 is 13.4 Å². The predicted octanol–water partition coefficient (Wildman–Crippen LogP) is 13.5. The molecule has 0 spiro atoms. The van der Waals surface area contributed by atoms with Gasteiger partial charge in [-0.15, -0.1) is 11.3 Å². The standard InChI is InChI=1S/3C9H12N2O.C9H12N2S.4C2H6/c1-9(2,3)7-6-10-8-11(7)4-5-12-8;1-9(2,3)7-6-10-11-4-5-12-8(7)11;1-9(2,3)7-6-10-8-4-5-12-11(7)8;1-9(2,3)7-6-10-8-11(7)4-5-12-8;4*1-2/h4*4-6H,1-3H3;4*1-2H3. The Bertz CT molecular complexity index is 1890. The monoisotopic (exact) mass is 793 g/mol. The predicted molar refractivity (Wildman–Crippen MR) is 236 cm³/mol. The molecule has 11 nitrogen and oxygen atoms in total. The van der Waals surface area contributed by atoms with Gasteiger partial charge in [-0.2, -0.15) is 9.67 Å². The number of imidazole rings is 3. The lowest BCUT2D eigenvalue weighted by atomic mass is 9.89. The number of rotatable bonds is 0. The zero-order valence-corrected chi connectivity index (χ0v) is 39.0. The van der Waals surface area contributed by atoms with Crippen LogP contribution in [-0.2, 0) is 21.7 Å². The van der Waals surface area contributed by atoms with Crippen LogP contribution in [-0.4, -0.2) is 37.9 Å². The van der Waals surface area contributed by atoms with Crippen molar-refractivity contribution in [3.63, 3.8) is 0 Å². The summed E-state index contributed by atoms with van der Waals surface area (Å²) >= 11 is 1.68. The number of fused-ring (bicyclic) bond motifs is 4. The van der Waals surface area contributed by atoms with Crippen LogP contribution in [0.25, 0.3) is 22.2 Å². The molecule has 0 aliphatic carbocycles. The Labute approximate surface area is 340 Å². The molecule has 0 atom stereocenters. The summed E-state index contributed by atoms with van der Waals surface area (Å²) in [4.78, 5) is 13.8. The highest BCUT2D eigenvalue weighted by Crippen LogP contribution is 2.27. The van der Waals surface area contributed by atoms with E-state index in [0.29, 0.717) is 5.84 Å². The lowest BCUT2D eigenvalue weighted by Gasteiger charge is -2.16. The minimum Gasteiger partial charge on any atom is -0.445 e. The summed E-state index contributed by atoms with van der Waals surface area (Å²) in [6.45, 7) is 41.9. The Morgan fingerprint density at radius 2 is 1.07 bits per heavy atom. The molecule has 12 heteroatoms. The molecule has 8 heterocycles. The minimum absolute atomic E-state index is 0.0806. The van der Waals surface area contributed by atoms with Crippen LogP contribution in [0.3, 0.4) is 0 Å². The molecule has 0 fully saturated rings. The summed E-state index contributed by atoms with van der Waals surface area (Å²) < 4.78 is 23.4. The molecule has 8 aromatic rings. The van der Waals surface area contributed by atoms with Crippen molar-refractivity contribution < 1.29 is 13.4 Å². The van der Waals surface area contributed by atoms with E-state index in [1.165, 1.54) is 11.4 Å². The van der Waals surface area contributed by atoms with E-state index in [0.717, 1.165) is 27.6 Å². The van der Waals surface area contributed by atoms with E-state index in [1.54, 1.807) is 39.2 Å². The first-order valence-corrected chi connectivity index (χ1v) is 20.9. The second-order valence-electron chi connectivity index (χ2n) is 15.8. The van der Waals surface area contributed by atoms with E-state index >= 15 is 0 Å². The van der Waals surface area contributed by atoms with Crippen molar-refractivity contribution in [2.75, 3.05) is 0 Å². The first kappa shape index (κ1) is 49.4. The van der Waals surface area contributed by atoms with E-state index < -0.39 is 0 Å². The van der Waals surface area contributed by atoms with Crippen LogP contribution in [0.2, 0.25) is 0 Å². The maximum absolute atomic E-state index is 5.32. The molecule has 0 aliphatic heterocycles. The molecule has 0 saturated carbocycles. The average molecular weight is 793 g/mol. The second-order valence-corrected chi connectivity index (χ2v) is 16.7. The summed E-state index contributed by atoms with van der Waals surface area (Å²) in [5.74, 6) is 0.667. The highest BCUT2D eigenvalue weighted by Gasteiger charge is 2.22. The molecule has 0 bridgehead atoms. The van der Waals surface area contributed by atoms with Gasteiger partial charge in [-0.25, -0.2) is 19.5 Å². The van der Waals surface area contributed by atoms with Gasteiger partial charge in [0.15, 0.2) is 10.6 Å². The number of oxazole rings is 2. The van der Waals surface area contributed by atoms with Gasteiger partial charge in [-0.1, -0.05) is 138 Å². The fourth-order valence-electron chi connectivity index (χ4n) is 5.03. The van der Waals surface area contributed by atoms with Crippen LogP contribution in [0.15, 0.2) is 87.0 Å². The first-order valence-electron chi connectivity index (χ1n) is 20.0. The van der Waals surface area contributed by atoms with Crippen molar-refractivity contribution in [3.05, 3.63) is 96.3 Å². The Hall–Kier alpha value is -4.58. The first-order chi connectivity index (χ1) is 26.4. The topological polar surface area (TPSA) is 109 Å². The number of aromatic nitrogens is 8. The number of hydrogen-bond acceptors (Lipinski definition) is 8. The van der Waals surface area contributed by atoms with Crippen molar-refractivity contribution in [2.45, 2.75) is 160 Å². The largest absolute Gasteiger partial charge is 0.445 e. The molecule has 8 aromatic heterocycles. The summed E-state index contributed by atoms with van der Waals surface area (Å²) in [6.07, 6.45) is 18.3. The smallest absolute Gasteiger partial charge is 0.305 e. The molecule has 0 N–H and O–H groups in total. The maximum Gasteiger partial charge on any atom is 0.305 e. The number of nitrogens with zero attached hydrogens (tertiary/aromatic N) is 8. The van der Waals surface area contributed by atoms with Crippen molar-refractivity contribution >= 4 is 33.5 Å². The molecule has 0 aromatic carbocycles. The van der Waals surface area contributed by atoms with Crippen molar-refractivity contribution in [1.82, 2.24) is 37.9 Å². The quantitative estimate of drug-likeness (QED) is 0.150. The van der Waals surface area contributed by atoms with E-state index in [2.05, 4.69) is 119 Å². The summed E-state index contributed by atoms with van der Waals surface area (Å²) in [7, 11) is 0. The molecular weight excluding hydrogens is 721 g/mol. The van der Waals surface area contributed by atoms with Crippen LogP contribution < -0.4 is 0 Å². The lowest BCUT2D eigenvalue weighted by molar-refractivity contribution is 0.345. The molecule has 0 saturated heterocycles. The SMILES string of the molecule is CC.CC.CC.CC.CC(C)(C)c1cnc2ccon12.CC(C)(C)c1cnc2occn12.CC(C)(C)c1cnc2sccn12.CC(C)(C)c1cnn2ccoc12. The molecule has 8 rings (SSSR count). The number of hydrogen-bond donors (Lipinski definition) is 0. The van der Waals surface area contributed by atoms with Crippen LogP contribution in [0, 0.1) is 0 Å². The molecule has 0 amide bonds. The van der Waals surface area contributed by atoms with Gasteiger partial charge in [-0.05, 0) is 5.41 Å². The van der Waals surface area contributed by atoms with Gasteiger partial charge in [0.1, 0.15) is 18.8 Å². The van der Waals surface area contributed by atoms with E-state index in [1.807, 2.05) is 103 Å². The highest BCUT2D eigenvalue weighted by atomic mass is 32.1. The second kappa shape index (κ2) is 21.6. The van der Waals surface area contributed by atoms with Gasteiger partial charge in [0, 0.05) is 51.3 Å². The van der Waals surface area contributed by atoms with Gasteiger partial charge in [-0.3, -0.25) is 8.80 Å². The highest BCUT2D eigenvalue weighted by molar-refractivity contribution is 7.15.